The van der Waals surface area contributed by atoms with Crippen LogP contribution in [-0.2, 0) is 14.3 Å². The highest BCUT2D eigenvalue weighted by Crippen LogP contribution is 2.28. The van der Waals surface area contributed by atoms with Gasteiger partial charge in [0, 0.05) is 24.2 Å². The van der Waals surface area contributed by atoms with Gasteiger partial charge in [0.15, 0.2) is 0 Å². The van der Waals surface area contributed by atoms with Crippen LogP contribution in [0.2, 0.25) is 0 Å². The van der Waals surface area contributed by atoms with Crippen molar-refractivity contribution in [2.45, 2.75) is 26.7 Å². The van der Waals surface area contributed by atoms with Gasteiger partial charge in [0.2, 0.25) is 0 Å². The number of ether oxygens (including phenoxy) is 2. The first-order chi connectivity index (χ1) is 9.54. The van der Waals surface area contributed by atoms with E-state index in [1.54, 1.807) is 19.9 Å². The second kappa shape index (κ2) is 7.34. The Hall–Kier alpha value is -2.29. The number of methoxy groups -OCH3 is 1. The van der Waals surface area contributed by atoms with Crippen LogP contribution < -0.4 is 0 Å². The van der Waals surface area contributed by atoms with Crippen LogP contribution in [0.5, 0.6) is 0 Å². The van der Waals surface area contributed by atoms with Crippen molar-refractivity contribution in [3.63, 3.8) is 0 Å². The Bertz CT molecular complexity index is 488. The molecule has 1 aliphatic heterocycles. The molecule has 0 aromatic rings. The molecule has 6 heteroatoms. The smallest absolute Gasteiger partial charge is 0.418 e. The number of hydrogen-bond acceptors (Lipinski definition) is 5. The molecular weight excluding hydrogens is 260 g/mol. The van der Waals surface area contributed by atoms with Crippen molar-refractivity contribution in [3.05, 3.63) is 23.5 Å². The number of nitrogens with zero attached hydrogens (tertiary/aromatic N) is 2. The van der Waals surface area contributed by atoms with Crippen molar-refractivity contribution in [1.82, 2.24) is 4.90 Å². The predicted molar refractivity (Wildman–Crippen MR) is 71.1 cm³/mol. The average Bonchev–Trinajstić information content (AvgIpc) is 2.44. The van der Waals surface area contributed by atoms with E-state index in [1.165, 1.54) is 18.2 Å². The molecule has 0 fully saturated rings. The minimum absolute atomic E-state index is 0.229. The molecule has 0 aromatic carbocycles. The van der Waals surface area contributed by atoms with Gasteiger partial charge in [0.1, 0.15) is 0 Å². The number of nitriles is 1. The number of rotatable bonds is 4. The fraction of sp³-hybridized carbons (Fsp3) is 0.500. The molecule has 0 radical (unpaired) electrons. The van der Waals surface area contributed by atoms with Gasteiger partial charge in [-0.1, -0.05) is 6.08 Å². The first kappa shape index (κ1) is 15.8. The van der Waals surface area contributed by atoms with E-state index in [4.69, 9.17) is 14.7 Å². The van der Waals surface area contributed by atoms with Gasteiger partial charge in [0.05, 0.1) is 25.4 Å². The molecule has 0 saturated carbocycles. The molecule has 1 rings (SSSR count). The van der Waals surface area contributed by atoms with Gasteiger partial charge in [-0.3, -0.25) is 4.90 Å². The molecule has 0 bridgehead atoms. The Morgan fingerprint density at radius 3 is 2.75 bits per heavy atom. The Balaban J connectivity index is 3.03. The Morgan fingerprint density at radius 1 is 1.50 bits per heavy atom. The number of carbonyl (C=O) groups excluding carboxylic acids is 2. The molecule has 0 aromatic heterocycles. The fourth-order valence-electron chi connectivity index (χ4n) is 1.97. The topological polar surface area (TPSA) is 79.6 Å². The molecule has 6 nitrogen and oxygen atoms in total. The van der Waals surface area contributed by atoms with Crippen LogP contribution in [0.25, 0.3) is 0 Å². The van der Waals surface area contributed by atoms with Gasteiger partial charge in [0.25, 0.3) is 0 Å². The van der Waals surface area contributed by atoms with Crippen molar-refractivity contribution in [3.8, 4) is 6.07 Å². The van der Waals surface area contributed by atoms with Gasteiger partial charge in [-0.15, -0.1) is 0 Å². The molecule has 0 spiro atoms. The van der Waals surface area contributed by atoms with Crippen molar-refractivity contribution in [2.24, 2.45) is 5.92 Å². The van der Waals surface area contributed by atoms with Gasteiger partial charge >= 0.3 is 12.1 Å². The summed E-state index contributed by atoms with van der Waals surface area (Å²) < 4.78 is 9.65. The van der Waals surface area contributed by atoms with Crippen molar-refractivity contribution >= 4 is 12.1 Å². The quantitative estimate of drug-likeness (QED) is 0.737. The summed E-state index contributed by atoms with van der Waals surface area (Å²) in [7, 11) is 1.28. The monoisotopic (exact) mass is 278 g/mol. The van der Waals surface area contributed by atoms with Crippen LogP contribution >= 0.6 is 0 Å². The van der Waals surface area contributed by atoms with E-state index in [9.17, 15) is 9.59 Å². The largest absolute Gasteiger partial charge is 0.466 e. The highest BCUT2D eigenvalue weighted by Gasteiger charge is 2.28. The molecule has 0 N–H and O–H groups in total. The number of allylic oxidation sites excluding steroid dienone is 2. The van der Waals surface area contributed by atoms with Gasteiger partial charge in [-0.05, 0) is 20.3 Å². The van der Waals surface area contributed by atoms with E-state index in [2.05, 4.69) is 0 Å². The third kappa shape index (κ3) is 3.60. The summed E-state index contributed by atoms with van der Waals surface area (Å²) in [6.45, 7) is 3.71. The van der Waals surface area contributed by atoms with Crippen LogP contribution in [-0.4, -0.2) is 30.7 Å². The molecule has 20 heavy (non-hydrogen) atoms. The zero-order chi connectivity index (χ0) is 15.1. The van der Waals surface area contributed by atoms with E-state index in [0.717, 1.165) is 0 Å². The molecule has 1 heterocycles. The van der Waals surface area contributed by atoms with Gasteiger partial charge in [-0.2, -0.15) is 5.26 Å². The lowest BCUT2D eigenvalue weighted by Gasteiger charge is -2.27. The summed E-state index contributed by atoms with van der Waals surface area (Å²) in [5.74, 6) is -0.737. The zero-order valence-electron chi connectivity index (χ0n) is 11.9. The highest BCUT2D eigenvalue weighted by molar-refractivity contribution is 5.90. The molecule has 0 aliphatic carbocycles. The van der Waals surface area contributed by atoms with Crippen LogP contribution in [0.4, 0.5) is 4.79 Å². The Morgan fingerprint density at radius 2 is 2.20 bits per heavy atom. The SMILES string of the molecule is CCOC(=O)N1C=C(C(=O)OC)C(CCC#N)C=C1C. The molecule has 1 atom stereocenters. The van der Waals surface area contributed by atoms with Crippen LogP contribution in [0, 0.1) is 17.2 Å². The summed E-state index contributed by atoms with van der Waals surface area (Å²) in [5.41, 5.74) is 1.01. The Labute approximate surface area is 118 Å². The lowest BCUT2D eigenvalue weighted by atomic mass is 9.91. The van der Waals surface area contributed by atoms with Crippen LogP contribution in [0.1, 0.15) is 26.7 Å². The standard InChI is InChI=1S/C14H18N2O4/c1-4-20-14(18)16-9-12(13(17)19-3)11(6-5-7-15)8-10(16)2/h8-9,11H,4-6H2,1-3H3. The maximum atomic E-state index is 11.8. The van der Waals surface area contributed by atoms with E-state index >= 15 is 0 Å². The predicted octanol–water partition coefficient (Wildman–Crippen LogP) is 2.34. The number of carbonyl (C=O) groups is 2. The van der Waals surface area contributed by atoms with Crippen LogP contribution in [0.15, 0.2) is 23.5 Å². The van der Waals surface area contributed by atoms with E-state index in [0.29, 0.717) is 24.1 Å². The average molecular weight is 278 g/mol. The number of esters is 1. The third-order valence-electron chi connectivity index (χ3n) is 2.94. The lowest BCUT2D eigenvalue weighted by Crippen LogP contribution is -2.31. The molecule has 0 saturated heterocycles. The van der Waals surface area contributed by atoms with E-state index in [-0.39, 0.29) is 12.5 Å². The molecule has 1 aliphatic rings. The number of hydrogen-bond donors (Lipinski definition) is 0. The van der Waals surface area contributed by atoms with Crippen molar-refractivity contribution < 1.29 is 19.1 Å². The summed E-state index contributed by atoms with van der Waals surface area (Å²) in [6, 6.07) is 2.05. The van der Waals surface area contributed by atoms with E-state index < -0.39 is 12.1 Å². The molecule has 1 amide bonds. The minimum atomic E-state index is -0.540. The lowest BCUT2D eigenvalue weighted by molar-refractivity contribution is -0.136. The molecule has 1 unspecified atom stereocenters. The van der Waals surface area contributed by atoms with Crippen molar-refractivity contribution in [1.29, 1.82) is 5.26 Å². The molecular formula is C14H18N2O4. The van der Waals surface area contributed by atoms with Crippen LogP contribution in [0.3, 0.4) is 0 Å². The summed E-state index contributed by atoms with van der Waals surface area (Å²) in [6.07, 6.45) is 3.50. The maximum absolute atomic E-state index is 11.8. The number of amides is 1. The van der Waals surface area contributed by atoms with Crippen molar-refractivity contribution in [2.75, 3.05) is 13.7 Å². The third-order valence-corrected chi connectivity index (χ3v) is 2.94. The Kier molecular flexibility index (Phi) is 5.78. The van der Waals surface area contributed by atoms with Gasteiger partial charge in [-0.25, -0.2) is 9.59 Å². The second-order valence-electron chi connectivity index (χ2n) is 4.26. The minimum Gasteiger partial charge on any atom is -0.466 e. The summed E-state index contributed by atoms with van der Waals surface area (Å²) in [4.78, 5) is 24.9. The first-order valence-corrected chi connectivity index (χ1v) is 6.36. The normalized spacial score (nSPS) is 17.7. The van der Waals surface area contributed by atoms with Gasteiger partial charge < -0.3 is 9.47 Å². The second-order valence-corrected chi connectivity index (χ2v) is 4.26. The van der Waals surface area contributed by atoms with E-state index in [1.807, 2.05) is 6.07 Å². The fourth-order valence-corrected chi connectivity index (χ4v) is 1.97. The first-order valence-electron chi connectivity index (χ1n) is 6.36. The zero-order valence-corrected chi connectivity index (χ0v) is 11.9. The maximum Gasteiger partial charge on any atom is 0.418 e. The molecule has 108 valence electrons. The highest BCUT2D eigenvalue weighted by atomic mass is 16.6. The summed E-state index contributed by atoms with van der Waals surface area (Å²) >= 11 is 0. The summed E-state index contributed by atoms with van der Waals surface area (Å²) in [5, 5.41) is 8.66.